The number of aliphatic hydroxyl groups is 1. The number of rotatable bonds is 1. The number of carbonyl (C=O) groups excluding carboxylic acids is 1. The van der Waals surface area contributed by atoms with Crippen LogP contribution in [0.2, 0.25) is 0 Å². The van der Waals surface area contributed by atoms with E-state index in [1.807, 2.05) is 24.3 Å². The van der Waals surface area contributed by atoms with E-state index in [1.165, 1.54) is 7.11 Å². The van der Waals surface area contributed by atoms with E-state index in [9.17, 15) is 9.90 Å². The molecule has 0 spiro atoms. The molecular weight excluding hydrogens is 194 g/mol. The summed E-state index contributed by atoms with van der Waals surface area (Å²) in [5.41, 5.74) is 1.96. The molecule has 80 valence electrons. The molecule has 4 heteroatoms. The first-order chi connectivity index (χ1) is 7.22. The van der Waals surface area contributed by atoms with Gasteiger partial charge in [-0.2, -0.15) is 0 Å². The molecule has 2 atom stereocenters. The van der Waals surface area contributed by atoms with E-state index in [1.54, 1.807) is 0 Å². The van der Waals surface area contributed by atoms with Crippen molar-refractivity contribution in [2.24, 2.45) is 0 Å². The van der Waals surface area contributed by atoms with Gasteiger partial charge in [-0.25, -0.2) is 4.79 Å². The fraction of sp³-hybridized carbons (Fsp3) is 0.364. The van der Waals surface area contributed by atoms with Gasteiger partial charge in [0.2, 0.25) is 0 Å². The van der Waals surface area contributed by atoms with Crippen LogP contribution < -0.4 is 5.32 Å². The van der Waals surface area contributed by atoms with Crippen LogP contribution in [0.3, 0.4) is 0 Å². The third kappa shape index (κ3) is 1.80. The van der Waals surface area contributed by atoms with Crippen molar-refractivity contribution in [3.05, 3.63) is 35.4 Å². The Labute approximate surface area is 87.9 Å². The molecular formula is C11H13NO3. The Hall–Kier alpha value is -1.55. The topological polar surface area (TPSA) is 58.6 Å². The average Bonchev–Trinajstić information content (AvgIpc) is 2.57. The SMILES string of the molecule is COC(=O)NC1Cc2ccccc2C1O. The van der Waals surface area contributed by atoms with Gasteiger partial charge in [0.15, 0.2) is 0 Å². The molecule has 0 fully saturated rings. The highest BCUT2D eigenvalue weighted by Gasteiger charge is 2.31. The molecule has 1 amide bonds. The Kier molecular flexibility index (Phi) is 2.60. The van der Waals surface area contributed by atoms with Crippen molar-refractivity contribution in [2.45, 2.75) is 18.6 Å². The van der Waals surface area contributed by atoms with Gasteiger partial charge in [0.05, 0.1) is 19.3 Å². The smallest absolute Gasteiger partial charge is 0.407 e. The first-order valence-electron chi connectivity index (χ1n) is 4.82. The first kappa shape index (κ1) is 9.98. The summed E-state index contributed by atoms with van der Waals surface area (Å²) in [6.45, 7) is 0. The molecule has 0 radical (unpaired) electrons. The number of ether oxygens (including phenoxy) is 1. The summed E-state index contributed by atoms with van der Waals surface area (Å²) >= 11 is 0. The zero-order valence-corrected chi connectivity index (χ0v) is 8.43. The second-order valence-electron chi connectivity index (χ2n) is 3.59. The van der Waals surface area contributed by atoms with Gasteiger partial charge in [-0.3, -0.25) is 0 Å². The zero-order chi connectivity index (χ0) is 10.8. The van der Waals surface area contributed by atoms with Crippen molar-refractivity contribution >= 4 is 6.09 Å². The van der Waals surface area contributed by atoms with Crippen LogP contribution in [0.15, 0.2) is 24.3 Å². The van der Waals surface area contributed by atoms with Crippen LogP contribution in [0.4, 0.5) is 4.79 Å². The lowest BCUT2D eigenvalue weighted by Crippen LogP contribution is -2.37. The summed E-state index contributed by atoms with van der Waals surface area (Å²) in [4.78, 5) is 11.0. The van der Waals surface area contributed by atoms with Crippen LogP contribution in [0, 0.1) is 0 Å². The van der Waals surface area contributed by atoms with Crippen molar-refractivity contribution in [2.75, 3.05) is 7.11 Å². The van der Waals surface area contributed by atoms with E-state index in [2.05, 4.69) is 10.1 Å². The van der Waals surface area contributed by atoms with Crippen LogP contribution >= 0.6 is 0 Å². The standard InChI is InChI=1S/C11H13NO3/c1-15-11(14)12-9-6-7-4-2-3-5-8(7)10(9)13/h2-5,9-10,13H,6H2,1H3,(H,12,14). The number of hydrogen-bond acceptors (Lipinski definition) is 3. The molecule has 0 aliphatic heterocycles. The van der Waals surface area contributed by atoms with E-state index in [4.69, 9.17) is 0 Å². The van der Waals surface area contributed by atoms with Gasteiger partial charge in [0.1, 0.15) is 0 Å². The lowest BCUT2D eigenvalue weighted by atomic mass is 10.1. The Morgan fingerprint density at radius 1 is 1.53 bits per heavy atom. The van der Waals surface area contributed by atoms with Gasteiger partial charge in [0, 0.05) is 0 Å². The van der Waals surface area contributed by atoms with Crippen molar-refractivity contribution in [1.82, 2.24) is 5.32 Å². The minimum Gasteiger partial charge on any atom is -0.453 e. The van der Waals surface area contributed by atoms with Gasteiger partial charge in [-0.05, 0) is 17.5 Å². The zero-order valence-electron chi connectivity index (χ0n) is 8.43. The van der Waals surface area contributed by atoms with Gasteiger partial charge in [0.25, 0.3) is 0 Å². The van der Waals surface area contributed by atoms with E-state index >= 15 is 0 Å². The molecule has 0 saturated heterocycles. The minimum absolute atomic E-state index is 0.283. The highest BCUT2D eigenvalue weighted by atomic mass is 16.5. The highest BCUT2D eigenvalue weighted by molar-refractivity contribution is 5.67. The number of amides is 1. The number of fused-ring (bicyclic) bond motifs is 1. The second-order valence-corrected chi connectivity index (χ2v) is 3.59. The van der Waals surface area contributed by atoms with Gasteiger partial charge < -0.3 is 15.2 Å². The Morgan fingerprint density at radius 3 is 2.93 bits per heavy atom. The van der Waals surface area contributed by atoms with Crippen molar-refractivity contribution in [1.29, 1.82) is 0 Å². The molecule has 0 aromatic heterocycles. The highest BCUT2D eigenvalue weighted by Crippen LogP contribution is 2.30. The van der Waals surface area contributed by atoms with Crippen LogP contribution in [0.1, 0.15) is 17.2 Å². The monoisotopic (exact) mass is 207 g/mol. The quantitative estimate of drug-likeness (QED) is 0.722. The maximum absolute atomic E-state index is 11.0. The number of hydrogen-bond donors (Lipinski definition) is 2. The Morgan fingerprint density at radius 2 is 2.27 bits per heavy atom. The molecule has 2 N–H and O–H groups in total. The fourth-order valence-electron chi connectivity index (χ4n) is 1.91. The van der Waals surface area contributed by atoms with Crippen molar-refractivity contribution in [3.8, 4) is 0 Å². The minimum atomic E-state index is -0.639. The summed E-state index contributed by atoms with van der Waals surface area (Å²) in [6.07, 6.45) is -0.501. The van der Waals surface area contributed by atoms with Crippen LogP contribution in [-0.4, -0.2) is 24.4 Å². The lowest BCUT2D eigenvalue weighted by Gasteiger charge is -2.15. The summed E-state index contributed by atoms with van der Waals surface area (Å²) < 4.78 is 4.50. The predicted molar refractivity (Wildman–Crippen MR) is 54.4 cm³/mol. The third-order valence-corrected chi connectivity index (χ3v) is 2.68. The predicted octanol–water partition coefficient (Wildman–Crippen LogP) is 1.00. The molecule has 1 aromatic rings. The summed E-state index contributed by atoms with van der Waals surface area (Å²) in [7, 11) is 1.31. The van der Waals surface area contributed by atoms with Crippen molar-refractivity contribution < 1.29 is 14.6 Å². The number of alkyl carbamates (subject to hydrolysis) is 1. The average molecular weight is 207 g/mol. The van der Waals surface area contributed by atoms with Crippen LogP contribution in [-0.2, 0) is 11.2 Å². The van der Waals surface area contributed by atoms with Gasteiger partial charge in [-0.15, -0.1) is 0 Å². The number of methoxy groups -OCH3 is 1. The molecule has 1 aromatic carbocycles. The lowest BCUT2D eigenvalue weighted by molar-refractivity contribution is 0.124. The van der Waals surface area contributed by atoms with Crippen LogP contribution in [0.5, 0.6) is 0 Å². The largest absolute Gasteiger partial charge is 0.453 e. The summed E-state index contributed by atoms with van der Waals surface area (Å²) in [5.74, 6) is 0. The number of benzene rings is 1. The van der Waals surface area contributed by atoms with Gasteiger partial charge in [-0.1, -0.05) is 24.3 Å². The third-order valence-electron chi connectivity index (χ3n) is 2.68. The number of nitrogens with one attached hydrogen (secondary N) is 1. The molecule has 0 saturated carbocycles. The molecule has 2 unspecified atom stereocenters. The Bertz CT molecular complexity index is 378. The first-order valence-corrected chi connectivity index (χ1v) is 4.82. The van der Waals surface area contributed by atoms with Crippen LogP contribution in [0.25, 0.3) is 0 Å². The van der Waals surface area contributed by atoms with E-state index in [-0.39, 0.29) is 6.04 Å². The maximum atomic E-state index is 11.0. The number of aliphatic hydroxyl groups excluding tert-OH is 1. The molecule has 1 aliphatic rings. The van der Waals surface area contributed by atoms with Gasteiger partial charge >= 0.3 is 6.09 Å². The molecule has 15 heavy (non-hydrogen) atoms. The van der Waals surface area contributed by atoms with E-state index < -0.39 is 12.2 Å². The molecule has 0 heterocycles. The second kappa shape index (κ2) is 3.90. The summed E-state index contributed by atoms with van der Waals surface area (Å²) in [6, 6.07) is 7.35. The molecule has 2 rings (SSSR count). The molecule has 0 bridgehead atoms. The van der Waals surface area contributed by atoms with E-state index in [0.717, 1.165) is 11.1 Å². The fourth-order valence-corrected chi connectivity index (χ4v) is 1.91. The molecule has 4 nitrogen and oxygen atoms in total. The summed E-state index contributed by atoms with van der Waals surface area (Å²) in [5, 5.41) is 12.5. The maximum Gasteiger partial charge on any atom is 0.407 e. The Balaban J connectivity index is 2.13. The van der Waals surface area contributed by atoms with E-state index in [0.29, 0.717) is 6.42 Å². The number of carbonyl (C=O) groups is 1. The molecule has 1 aliphatic carbocycles. The normalized spacial score (nSPS) is 23.3. The van der Waals surface area contributed by atoms with Crippen molar-refractivity contribution in [3.63, 3.8) is 0 Å².